The molecular weight excluding hydrogens is 222 g/mol. The molecule has 2 nitrogen and oxygen atoms in total. The van der Waals surface area contributed by atoms with Crippen LogP contribution in [0.2, 0.25) is 5.02 Å². The van der Waals surface area contributed by atoms with Gasteiger partial charge in [-0.15, -0.1) is 0 Å². The quantitative estimate of drug-likeness (QED) is 0.631. The van der Waals surface area contributed by atoms with Crippen molar-refractivity contribution in [3.8, 4) is 11.5 Å². The van der Waals surface area contributed by atoms with Crippen molar-refractivity contribution < 1.29 is 9.47 Å². The van der Waals surface area contributed by atoms with E-state index in [2.05, 4.69) is 0 Å². The molecular formula is C7H3Cl3O2. The van der Waals surface area contributed by atoms with Crippen molar-refractivity contribution in [1.29, 1.82) is 0 Å². The van der Waals surface area contributed by atoms with Crippen LogP contribution in [0, 0.1) is 0 Å². The second-order valence-electron chi connectivity index (χ2n) is 2.26. The van der Waals surface area contributed by atoms with Crippen LogP contribution in [0.3, 0.4) is 0 Å². The van der Waals surface area contributed by atoms with E-state index in [1.54, 1.807) is 18.2 Å². The van der Waals surface area contributed by atoms with Gasteiger partial charge in [-0.1, -0.05) is 11.6 Å². The van der Waals surface area contributed by atoms with Crippen LogP contribution in [0.5, 0.6) is 11.5 Å². The van der Waals surface area contributed by atoms with Crippen molar-refractivity contribution in [2.24, 2.45) is 0 Å². The maximum absolute atomic E-state index is 5.69. The Kier molecular flexibility index (Phi) is 1.79. The molecule has 64 valence electrons. The summed E-state index contributed by atoms with van der Waals surface area (Å²) < 4.78 is 8.38. The molecule has 0 aromatic heterocycles. The Morgan fingerprint density at radius 2 is 1.75 bits per heavy atom. The summed E-state index contributed by atoms with van der Waals surface area (Å²) in [7, 11) is 0. The number of ether oxygens (including phenoxy) is 2. The molecule has 0 spiro atoms. The van der Waals surface area contributed by atoms with Gasteiger partial charge in [0.2, 0.25) is 0 Å². The molecule has 0 saturated carbocycles. The molecule has 1 aromatic rings. The Hall–Kier alpha value is -0.310. The number of hydrogen-bond donors (Lipinski definition) is 0. The molecule has 1 aromatic carbocycles. The minimum atomic E-state index is -1.62. The second-order valence-corrected chi connectivity index (χ2v) is 3.88. The first-order chi connectivity index (χ1) is 5.57. The van der Waals surface area contributed by atoms with Crippen molar-refractivity contribution in [2.75, 3.05) is 0 Å². The SMILES string of the molecule is Clc1ccc2c(c1)OC(Cl)(Cl)O2. The van der Waals surface area contributed by atoms with Crippen LogP contribution < -0.4 is 9.47 Å². The van der Waals surface area contributed by atoms with Crippen LogP contribution in [-0.4, -0.2) is 4.71 Å². The van der Waals surface area contributed by atoms with E-state index < -0.39 is 4.71 Å². The molecule has 0 unspecified atom stereocenters. The zero-order chi connectivity index (χ0) is 8.77. The van der Waals surface area contributed by atoms with Gasteiger partial charge in [0, 0.05) is 11.1 Å². The molecule has 5 heteroatoms. The van der Waals surface area contributed by atoms with Gasteiger partial charge in [0.1, 0.15) is 0 Å². The van der Waals surface area contributed by atoms with Gasteiger partial charge >= 0.3 is 4.71 Å². The fourth-order valence-electron chi connectivity index (χ4n) is 0.923. The van der Waals surface area contributed by atoms with Gasteiger partial charge in [-0.25, -0.2) is 0 Å². The molecule has 0 fully saturated rings. The molecule has 0 atom stereocenters. The lowest BCUT2D eigenvalue weighted by molar-refractivity contribution is 0.0849. The van der Waals surface area contributed by atoms with Gasteiger partial charge in [0.25, 0.3) is 0 Å². The fraction of sp³-hybridized carbons (Fsp3) is 0.143. The van der Waals surface area contributed by atoms with E-state index in [0.717, 1.165) is 0 Å². The summed E-state index contributed by atoms with van der Waals surface area (Å²) in [6.45, 7) is 0. The first-order valence-electron chi connectivity index (χ1n) is 3.12. The van der Waals surface area contributed by atoms with Crippen LogP contribution in [0.1, 0.15) is 0 Å². The smallest absolute Gasteiger partial charge is 0.419 e. The average molecular weight is 225 g/mol. The van der Waals surface area contributed by atoms with Gasteiger partial charge in [-0.3, -0.25) is 0 Å². The average Bonchev–Trinajstić information content (AvgIpc) is 2.21. The Morgan fingerprint density at radius 3 is 2.50 bits per heavy atom. The number of alkyl halides is 2. The standard InChI is InChI=1S/C7H3Cl3O2/c8-4-1-2-5-6(3-4)12-7(9,10)11-5/h1-3H. The molecule has 1 heterocycles. The highest BCUT2D eigenvalue weighted by Crippen LogP contribution is 2.44. The Balaban J connectivity index is 2.43. The van der Waals surface area contributed by atoms with Gasteiger partial charge in [0.15, 0.2) is 11.5 Å². The normalized spacial score (nSPS) is 17.9. The second kappa shape index (κ2) is 2.59. The highest BCUT2D eigenvalue weighted by atomic mass is 35.5. The minimum absolute atomic E-state index is 0.451. The number of halogens is 3. The molecule has 0 N–H and O–H groups in total. The van der Waals surface area contributed by atoms with Gasteiger partial charge in [-0.2, -0.15) is 0 Å². The summed E-state index contributed by atoms with van der Waals surface area (Å²) in [4.78, 5) is 0. The van der Waals surface area contributed by atoms with Crippen molar-refractivity contribution in [3.05, 3.63) is 23.2 Å². The van der Waals surface area contributed by atoms with Crippen molar-refractivity contribution >= 4 is 34.8 Å². The summed E-state index contributed by atoms with van der Waals surface area (Å²) in [5, 5.41) is 0.545. The number of fused-ring (bicyclic) bond motifs is 1. The number of benzene rings is 1. The van der Waals surface area contributed by atoms with E-state index in [4.69, 9.17) is 44.3 Å². The van der Waals surface area contributed by atoms with Gasteiger partial charge in [-0.05, 0) is 35.3 Å². The van der Waals surface area contributed by atoms with Crippen LogP contribution in [0.15, 0.2) is 18.2 Å². The minimum Gasteiger partial charge on any atom is -0.423 e. The monoisotopic (exact) mass is 224 g/mol. The Morgan fingerprint density at radius 1 is 1.08 bits per heavy atom. The Labute approximate surface area is 83.9 Å². The first kappa shape index (κ1) is 8.30. The van der Waals surface area contributed by atoms with E-state index in [9.17, 15) is 0 Å². The lowest BCUT2D eigenvalue weighted by atomic mass is 10.3. The molecule has 1 aliphatic rings. The van der Waals surface area contributed by atoms with Crippen LogP contribution in [-0.2, 0) is 0 Å². The summed E-state index contributed by atoms with van der Waals surface area (Å²) in [5.74, 6) is 0.942. The molecule has 1 aliphatic heterocycles. The molecule has 0 amide bonds. The van der Waals surface area contributed by atoms with E-state index in [1.807, 2.05) is 0 Å². The summed E-state index contributed by atoms with van der Waals surface area (Å²) in [6, 6.07) is 4.90. The summed E-state index contributed by atoms with van der Waals surface area (Å²) >= 11 is 16.8. The number of hydrogen-bond acceptors (Lipinski definition) is 2. The first-order valence-corrected chi connectivity index (χ1v) is 4.26. The highest BCUT2D eigenvalue weighted by molar-refractivity contribution is 6.46. The number of rotatable bonds is 0. The van der Waals surface area contributed by atoms with E-state index in [1.165, 1.54) is 0 Å². The predicted molar refractivity (Wildman–Crippen MR) is 47.1 cm³/mol. The largest absolute Gasteiger partial charge is 0.423 e. The third kappa shape index (κ3) is 1.42. The van der Waals surface area contributed by atoms with Gasteiger partial charge < -0.3 is 9.47 Å². The van der Waals surface area contributed by atoms with E-state index in [0.29, 0.717) is 16.5 Å². The lowest BCUT2D eigenvalue weighted by Crippen LogP contribution is -2.22. The maximum Gasteiger partial charge on any atom is 0.419 e. The van der Waals surface area contributed by atoms with Crippen molar-refractivity contribution in [2.45, 2.75) is 4.71 Å². The van der Waals surface area contributed by atoms with E-state index >= 15 is 0 Å². The van der Waals surface area contributed by atoms with Crippen LogP contribution in [0.25, 0.3) is 0 Å². The zero-order valence-electron chi connectivity index (χ0n) is 5.68. The highest BCUT2D eigenvalue weighted by Gasteiger charge is 2.37. The van der Waals surface area contributed by atoms with E-state index in [-0.39, 0.29) is 0 Å². The summed E-state index contributed by atoms with van der Waals surface area (Å²) in [6.07, 6.45) is 0. The molecule has 0 bridgehead atoms. The Bertz CT molecular complexity index is 324. The molecule has 0 aliphatic carbocycles. The lowest BCUT2D eigenvalue weighted by Gasteiger charge is -2.09. The van der Waals surface area contributed by atoms with Crippen molar-refractivity contribution in [3.63, 3.8) is 0 Å². The molecule has 0 radical (unpaired) electrons. The third-order valence-corrected chi connectivity index (χ3v) is 1.91. The third-order valence-electron chi connectivity index (χ3n) is 1.36. The zero-order valence-corrected chi connectivity index (χ0v) is 7.95. The van der Waals surface area contributed by atoms with Gasteiger partial charge in [0.05, 0.1) is 0 Å². The summed E-state index contributed by atoms with van der Waals surface area (Å²) in [5.41, 5.74) is 0. The molecule has 2 rings (SSSR count). The molecule has 12 heavy (non-hydrogen) atoms. The topological polar surface area (TPSA) is 18.5 Å². The van der Waals surface area contributed by atoms with Crippen molar-refractivity contribution in [1.82, 2.24) is 0 Å². The maximum atomic E-state index is 5.69. The fourth-order valence-corrected chi connectivity index (χ4v) is 1.42. The van der Waals surface area contributed by atoms with Crippen LogP contribution >= 0.6 is 34.8 Å². The predicted octanol–water partition coefficient (Wildman–Crippen LogP) is 3.20. The molecule has 0 saturated heterocycles. The van der Waals surface area contributed by atoms with Crippen LogP contribution in [0.4, 0.5) is 0 Å².